The summed E-state index contributed by atoms with van der Waals surface area (Å²) in [7, 11) is 0. The van der Waals surface area contributed by atoms with Crippen LogP contribution in [-0.4, -0.2) is 18.4 Å². The molecule has 107 valence electrons. The quantitative estimate of drug-likeness (QED) is 0.886. The van der Waals surface area contributed by atoms with Crippen LogP contribution in [0.15, 0.2) is 60.7 Å². The number of nitrogens with one attached hydrogen (secondary N) is 1. The molecule has 0 saturated heterocycles. The monoisotopic (exact) mass is 282 g/mol. The molecular weight excluding hydrogens is 266 g/mol. The maximum Gasteiger partial charge on any atom is 0.408 e. The van der Waals surface area contributed by atoms with Crippen LogP contribution < -0.4 is 5.32 Å². The lowest BCUT2D eigenvalue weighted by molar-refractivity contribution is 0.138. The maximum absolute atomic E-state index is 11.7. The molecule has 0 aliphatic carbocycles. The third-order valence-electron chi connectivity index (χ3n) is 2.93. The number of hydrogen-bond donors (Lipinski definition) is 1. The normalized spacial score (nSPS) is 11.4. The van der Waals surface area contributed by atoms with Crippen LogP contribution in [0.4, 0.5) is 4.79 Å². The average molecular weight is 282 g/mol. The first-order valence-electron chi connectivity index (χ1n) is 6.67. The highest BCUT2D eigenvalue weighted by Gasteiger charge is 2.13. The minimum atomic E-state index is -0.712. The fourth-order valence-electron chi connectivity index (χ4n) is 1.88. The van der Waals surface area contributed by atoms with Gasteiger partial charge in [0.15, 0.2) is 0 Å². The Bertz CT molecular complexity index is 569. The third-order valence-corrected chi connectivity index (χ3v) is 2.93. The fourth-order valence-corrected chi connectivity index (χ4v) is 1.88. The molecule has 0 bridgehead atoms. The van der Waals surface area contributed by atoms with Crippen LogP contribution in [-0.2, 0) is 22.6 Å². The Morgan fingerprint density at radius 1 is 1.00 bits per heavy atom. The SMILES string of the molecule is O=[C]C(Cc1ccccc1)NC(=O)OCc1ccccc1. The summed E-state index contributed by atoms with van der Waals surface area (Å²) in [5.41, 5.74) is 1.84. The van der Waals surface area contributed by atoms with Crippen LogP contribution in [0.25, 0.3) is 0 Å². The largest absolute Gasteiger partial charge is 0.445 e. The van der Waals surface area contributed by atoms with Gasteiger partial charge in [-0.1, -0.05) is 60.7 Å². The lowest BCUT2D eigenvalue weighted by Crippen LogP contribution is -2.37. The Morgan fingerprint density at radius 3 is 2.14 bits per heavy atom. The van der Waals surface area contributed by atoms with Gasteiger partial charge in [-0.25, -0.2) is 4.79 Å². The van der Waals surface area contributed by atoms with E-state index in [-0.39, 0.29) is 6.61 Å². The van der Waals surface area contributed by atoms with Crippen LogP contribution in [0.1, 0.15) is 11.1 Å². The van der Waals surface area contributed by atoms with Crippen molar-refractivity contribution in [1.29, 1.82) is 0 Å². The molecule has 0 fully saturated rings. The summed E-state index contributed by atoms with van der Waals surface area (Å²) in [6, 6.07) is 18.1. The van der Waals surface area contributed by atoms with Crippen molar-refractivity contribution in [2.45, 2.75) is 19.1 Å². The molecule has 2 aromatic rings. The number of hydrogen-bond acceptors (Lipinski definition) is 3. The number of carbonyl (C=O) groups is 1. The number of rotatable bonds is 6. The Balaban J connectivity index is 1.81. The first-order valence-corrected chi connectivity index (χ1v) is 6.67. The second-order valence-corrected chi connectivity index (χ2v) is 4.57. The van der Waals surface area contributed by atoms with Gasteiger partial charge in [-0.2, -0.15) is 0 Å². The van der Waals surface area contributed by atoms with Crippen LogP contribution >= 0.6 is 0 Å². The molecule has 0 aliphatic heterocycles. The Hall–Kier alpha value is -2.62. The Morgan fingerprint density at radius 2 is 1.57 bits per heavy atom. The zero-order chi connectivity index (χ0) is 14.9. The first-order chi connectivity index (χ1) is 10.3. The molecule has 1 radical (unpaired) electrons. The van der Waals surface area contributed by atoms with Crippen molar-refractivity contribution in [3.8, 4) is 0 Å². The van der Waals surface area contributed by atoms with Gasteiger partial charge in [0.25, 0.3) is 0 Å². The summed E-state index contributed by atoms with van der Waals surface area (Å²) < 4.78 is 5.07. The van der Waals surface area contributed by atoms with Gasteiger partial charge in [-0.3, -0.25) is 4.79 Å². The van der Waals surface area contributed by atoms with Crippen molar-refractivity contribution < 1.29 is 14.3 Å². The molecule has 0 spiro atoms. The topological polar surface area (TPSA) is 55.4 Å². The van der Waals surface area contributed by atoms with Crippen LogP contribution in [0, 0.1) is 0 Å². The van der Waals surface area contributed by atoms with Gasteiger partial charge in [-0.15, -0.1) is 0 Å². The van der Waals surface area contributed by atoms with E-state index in [2.05, 4.69) is 5.32 Å². The van der Waals surface area contributed by atoms with Gasteiger partial charge in [0, 0.05) is 6.42 Å². The molecule has 4 nitrogen and oxygen atoms in total. The number of ether oxygens (including phenoxy) is 1. The summed E-state index contributed by atoms with van der Waals surface area (Å²) in [6.45, 7) is 0.170. The Labute approximate surface area is 123 Å². The van der Waals surface area contributed by atoms with E-state index in [0.29, 0.717) is 6.42 Å². The number of alkyl carbamates (subject to hydrolysis) is 1. The van der Waals surface area contributed by atoms with Crippen molar-refractivity contribution in [2.75, 3.05) is 0 Å². The van der Waals surface area contributed by atoms with Crippen LogP contribution in [0.2, 0.25) is 0 Å². The van der Waals surface area contributed by atoms with Crippen LogP contribution in [0.3, 0.4) is 0 Å². The molecule has 2 rings (SSSR count). The van der Waals surface area contributed by atoms with Gasteiger partial charge in [0.05, 0.1) is 0 Å². The minimum Gasteiger partial charge on any atom is -0.445 e. The number of carbonyl (C=O) groups excluding carboxylic acids is 2. The van der Waals surface area contributed by atoms with Crippen molar-refractivity contribution >= 4 is 12.4 Å². The number of benzene rings is 2. The van der Waals surface area contributed by atoms with Gasteiger partial charge in [0.2, 0.25) is 6.29 Å². The highest BCUT2D eigenvalue weighted by Crippen LogP contribution is 2.03. The van der Waals surface area contributed by atoms with Crippen molar-refractivity contribution in [1.82, 2.24) is 5.32 Å². The molecule has 1 amide bonds. The molecule has 2 aromatic carbocycles. The summed E-state index contributed by atoms with van der Waals surface area (Å²) in [6.07, 6.45) is 1.59. The lowest BCUT2D eigenvalue weighted by atomic mass is 10.1. The van der Waals surface area contributed by atoms with Crippen molar-refractivity contribution in [2.24, 2.45) is 0 Å². The highest BCUT2D eigenvalue weighted by atomic mass is 16.5. The molecule has 1 N–H and O–H groups in total. The minimum absolute atomic E-state index is 0.170. The zero-order valence-corrected chi connectivity index (χ0v) is 11.5. The third kappa shape index (κ3) is 5.10. The molecule has 4 heteroatoms. The fraction of sp³-hybridized carbons (Fsp3) is 0.176. The standard InChI is InChI=1S/C17H16NO3/c19-12-16(11-14-7-3-1-4-8-14)18-17(20)21-13-15-9-5-2-6-10-15/h1-10,16H,11,13H2,(H,18,20). The van der Waals surface area contributed by atoms with E-state index in [0.717, 1.165) is 11.1 Å². The molecule has 21 heavy (non-hydrogen) atoms. The highest BCUT2D eigenvalue weighted by molar-refractivity contribution is 5.73. The van der Waals surface area contributed by atoms with E-state index >= 15 is 0 Å². The zero-order valence-electron chi connectivity index (χ0n) is 11.5. The predicted octanol–water partition coefficient (Wildman–Crippen LogP) is 2.63. The first kappa shape index (κ1) is 14.8. The summed E-state index contributed by atoms with van der Waals surface area (Å²) in [4.78, 5) is 22.6. The smallest absolute Gasteiger partial charge is 0.408 e. The van der Waals surface area contributed by atoms with E-state index in [9.17, 15) is 9.59 Å². The van der Waals surface area contributed by atoms with E-state index in [1.165, 1.54) is 0 Å². The second-order valence-electron chi connectivity index (χ2n) is 4.57. The molecule has 0 aliphatic rings. The molecular formula is C17H16NO3. The summed E-state index contributed by atoms with van der Waals surface area (Å²) in [5, 5.41) is 2.50. The Kier molecular flexibility index (Phi) is 5.52. The van der Waals surface area contributed by atoms with Gasteiger partial charge >= 0.3 is 6.09 Å². The molecule has 0 heterocycles. The van der Waals surface area contributed by atoms with E-state index < -0.39 is 12.1 Å². The summed E-state index contributed by atoms with van der Waals surface area (Å²) in [5.74, 6) is 0. The summed E-state index contributed by atoms with van der Waals surface area (Å²) >= 11 is 0. The van der Waals surface area contributed by atoms with Gasteiger partial charge < -0.3 is 10.1 Å². The number of amides is 1. The van der Waals surface area contributed by atoms with E-state index in [4.69, 9.17) is 4.74 Å². The van der Waals surface area contributed by atoms with Crippen molar-refractivity contribution in [3.63, 3.8) is 0 Å². The van der Waals surface area contributed by atoms with Gasteiger partial charge in [-0.05, 0) is 11.1 Å². The molecule has 0 saturated carbocycles. The molecule has 1 atom stereocenters. The van der Waals surface area contributed by atoms with E-state index in [1.807, 2.05) is 66.9 Å². The average Bonchev–Trinajstić information content (AvgIpc) is 2.54. The maximum atomic E-state index is 11.7. The molecule has 1 unspecified atom stereocenters. The second kappa shape index (κ2) is 7.85. The van der Waals surface area contributed by atoms with Gasteiger partial charge in [0.1, 0.15) is 12.6 Å². The lowest BCUT2D eigenvalue weighted by Gasteiger charge is -2.12. The molecule has 0 aromatic heterocycles. The predicted molar refractivity (Wildman–Crippen MR) is 79.4 cm³/mol. The van der Waals surface area contributed by atoms with Crippen LogP contribution in [0.5, 0.6) is 0 Å². The van der Waals surface area contributed by atoms with Crippen molar-refractivity contribution in [3.05, 3.63) is 71.8 Å². The van der Waals surface area contributed by atoms with E-state index in [1.54, 1.807) is 0 Å².